The summed E-state index contributed by atoms with van der Waals surface area (Å²) < 4.78 is 41.3. The van der Waals surface area contributed by atoms with Gasteiger partial charge in [-0.3, -0.25) is 4.79 Å². The average Bonchev–Trinajstić information content (AvgIpc) is 3.14. The van der Waals surface area contributed by atoms with Crippen LogP contribution in [0.5, 0.6) is 0 Å². The summed E-state index contributed by atoms with van der Waals surface area (Å²) in [6.45, 7) is 7.00. The summed E-state index contributed by atoms with van der Waals surface area (Å²) in [6, 6.07) is 10.1. The standard InChI is InChI=1S/C21H26FN3O3S/c1-21(2,3)24-29(27,28)19-8-6-15(7-9-19)20(26)23-17-12-16(22)13-18(14-17)25-10-4-5-11-25/h6-9,12-14,24H,4-5,10-11H2,1-3H3,(H,23,26). The highest BCUT2D eigenvalue weighted by molar-refractivity contribution is 7.89. The lowest BCUT2D eigenvalue weighted by Crippen LogP contribution is -2.40. The predicted octanol–water partition coefficient (Wildman–Crippen LogP) is 3.76. The summed E-state index contributed by atoms with van der Waals surface area (Å²) in [6.07, 6.45) is 2.13. The van der Waals surface area contributed by atoms with Crippen molar-refractivity contribution in [2.75, 3.05) is 23.3 Å². The van der Waals surface area contributed by atoms with Gasteiger partial charge in [-0.1, -0.05) is 0 Å². The van der Waals surface area contributed by atoms with Crippen LogP contribution in [0.3, 0.4) is 0 Å². The number of benzene rings is 2. The molecular formula is C21H26FN3O3S. The number of carbonyl (C=O) groups is 1. The molecule has 0 aromatic heterocycles. The van der Waals surface area contributed by atoms with E-state index in [4.69, 9.17) is 0 Å². The van der Waals surface area contributed by atoms with E-state index in [1.807, 2.05) is 0 Å². The predicted molar refractivity (Wildman–Crippen MR) is 112 cm³/mol. The van der Waals surface area contributed by atoms with E-state index < -0.39 is 27.3 Å². The van der Waals surface area contributed by atoms with E-state index in [0.717, 1.165) is 31.6 Å². The number of anilines is 2. The number of nitrogens with one attached hydrogen (secondary N) is 2. The number of sulfonamides is 1. The Morgan fingerprint density at radius 2 is 1.66 bits per heavy atom. The van der Waals surface area contributed by atoms with Crippen LogP contribution in [0.2, 0.25) is 0 Å². The minimum atomic E-state index is -3.68. The Balaban J connectivity index is 1.75. The lowest BCUT2D eigenvalue weighted by molar-refractivity contribution is 0.102. The quantitative estimate of drug-likeness (QED) is 0.774. The number of hydrogen-bond acceptors (Lipinski definition) is 4. The number of rotatable bonds is 5. The third kappa shape index (κ3) is 5.55. The smallest absolute Gasteiger partial charge is 0.255 e. The van der Waals surface area contributed by atoms with Crippen molar-refractivity contribution in [3.05, 3.63) is 53.8 Å². The summed E-state index contributed by atoms with van der Waals surface area (Å²) in [4.78, 5) is 14.7. The topological polar surface area (TPSA) is 78.5 Å². The molecular weight excluding hydrogens is 393 g/mol. The van der Waals surface area contributed by atoms with Crippen LogP contribution in [0.4, 0.5) is 15.8 Å². The Labute approximate surface area is 171 Å². The molecule has 1 amide bonds. The molecule has 156 valence electrons. The van der Waals surface area contributed by atoms with E-state index >= 15 is 0 Å². The Kier molecular flexibility index (Phi) is 5.95. The van der Waals surface area contributed by atoms with Crippen molar-refractivity contribution in [3.8, 4) is 0 Å². The first-order chi connectivity index (χ1) is 13.5. The molecule has 1 aliphatic rings. The summed E-state index contributed by atoms with van der Waals surface area (Å²) in [5, 5.41) is 2.69. The molecule has 0 unspecified atom stereocenters. The zero-order chi connectivity index (χ0) is 21.2. The molecule has 2 aromatic carbocycles. The van der Waals surface area contributed by atoms with Crippen LogP contribution in [0.25, 0.3) is 0 Å². The molecule has 0 radical (unpaired) electrons. The summed E-state index contributed by atoms with van der Waals surface area (Å²) in [5.74, 6) is -0.852. The van der Waals surface area contributed by atoms with Crippen LogP contribution in [0, 0.1) is 5.82 Å². The lowest BCUT2D eigenvalue weighted by atomic mass is 10.1. The SMILES string of the molecule is CC(C)(C)NS(=O)(=O)c1ccc(C(=O)Nc2cc(F)cc(N3CCCC3)c2)cc1. The van der Waals surface area contributed by atoms with Crippen LogP contribution >= 0.6 is 0 Å². The molecule has 0 aliphatic carbocycles. The van der Waals surface area contributed by atoms with Crippen molar-refractivity contribution in [2.45, 2.75) is 44.0 Å². The Morgan fingerprint density at radius 1 is 1.03 bits per heavy atom. The van der Waals surface area contributed by atoms with Gasteiger partial charge in [0.15, 0.2) is 0 Å². The van der Waals surface area contributed by atoms with Gasteiger partial charge in [0, 0.05) is 35.6 Å². The van der Waals surface area contributed by atoms with Crippen LogP contribution in [-0.4, -0.2) is 33.0 Å². The molecule has 1 fully saturated rings. The lowest BCUT2D eigenvalue weighted by Gasteiger charge is -2.20. The second-order valence-corrected chi connectivity index (χ2v) is 9.91. The van der Waals surface area contributed by atoms with Gasteiger partial charge in [0.05, 0.1) is 4.90 Å². The number of amides is 1. The van der Waals surface area contributed by atoms with Crippen molar-refractivity contribution < 1.29 is 17.6 Å². The minimum Gasteiger partial charge on any atom is -0.371 e. The molecule has 3 rings (SSSR count). The van der Waals surface area contributed by atoms with E-state index in [9.17, 15) is 17.6 Å². The largest absolute Gasteiger partial charge is 0.371 e. The van der Waals surface area contributed by atoms with Gasteiger partial charge < -0.3 is 10.2 Å². The molecule has 8 heteroatoms. The maximum Gasteiger partial charge on any atom is 0.255 e. The highest BCUT2D eigenvalue weighted by atomic mass is 32.2. The van der Waals surface area contributed by atoms with Crippen LogP contribution in [0.1, 0.15) is 44.0 Å². The fourth-order valence-corrected chi connectivity index (χ4v) is 4.67. The number of nitrogens with zero attached hydrogens (tertiary/aromatic N) is 1. The monoisotopic (exact) mass is 419 g/mol. The maximum absolute atomic E-state index is 14.0. The van der Waals surface area contributed by atoms with Gasteiger partial charge in [0.2, 0.25) is 10.0 Å². The van der Waals surface area contributed by atoms with Crippen molar-refractivity contribution >= 4 is 27.3 Å². The maximum atomic E-state index is 14.0. The molecule has 0 saturated carbocycles. The molecule has 6 nitrogen and oxygen atoms in total. The summed E-state index contributed by atoms with van der Waals surface area (Å²) in [7, 11) is -3.68. The normalized spacial score (nSPS) is 14.8. The zero-order valence-electron chi connectivity index (χ0n) is 16.8. The highest BCUT2D eigenvalue weighted by Crippen LogP contribution is 2.25. The van der Waals surface area contributed by atoms with Gasteiger partial charge in [0.25, 0.3) is 5.91 Å². The first-order valence-corrected chi connectivity index (χ1v) is 11.0. The number of carbonyl (C=O) groups excluding carboxylic acids is 1. The molecule has 0 spiro atoms. The van der Waals surface area contributed by atoms with E-state index in [1.54, 1.807) is 26.8 Å². The van der Waals surface area contributed by atoms with Crippen LogP contribution in [-0.2, 0) is 10.0 Å². The fourth-order valence-electron chi connectivity index (χ4n) is 3.25. The Hall–Kier alpha value is -2.45. The van der Waals surface area contributed by atoms with Gasteiger partial charge in [-0.2, -0.15) is 0 Å². The summed E-state index contributed by atoms with van der Waals surface area (Å²) >= 11 is 0. The second kappa shape index (κ2) is 8.12. The van der Waals surface area contributed by atoms with E-state index in [-0.39, 0.29) is 10.5 Å². The fraction of sp³-hybridized carbons (Fsp3) is 0.381. The zero-order valence-corrected chi connectivity index (χ0v) is 17.6. The van der Waals surface area contributed by atoms with Gasteiger partial charge in [-0.15, -0.1) is 0 Å². The average molecular weight is 420 g/mol. The molecule has 1 heterocycles. The van der Waals surface area contributed by atoms with Gasteiger partial charge in [-0.05, 0) is 76.1 Å². The second-order valence-electron chi connectivity index (χ2n) is 8.23. The third-order valence-electron chi connectivity index (χ3n) is 4.48. The van der Waals surface area contributed by atoms with Gasteiger partial charge in [0.1, 0.15) is 5.82 Å². The minimum absolute atomic E-state index is 0.0750. The van der Waals surface area contributed by atoms with Crippen molar-refractivity contribution in [1.82, 2.24) is 4.72 Å². The molecule has 2 N–H and O–H groups in total. The molecule has 1 aliphatic heterocycles. The molecule has 1 saturated heterocycles. The molecule has 0 bridgehead atoms. The van der Waals surface area contributed by atoms with E-state index in [0.29, 0.717) is 5.69 Å². The van der Waals surface area contributed by atoms with Gasteiger partial charge >= 0.3 is 0 Å². The van der Waals surface area contributed by atoms with Crippen LogP contribution < -0.4 is 14.9 Å². The number of hydrogen-bond donors (Lipinski definition) is 2. The summed E-state index contributed by atoms with van der Waals surface area (Å²) in [5.41, 5.74) is 0.779. The van der Waals surface area contributed by atoms with Crippen molar-refractivity contribution in [2.24, 2.45) is 0 Å². The number of halogens is 1. The first kappa shape index (κ1) is 21.3. The third-order valence-corrected chi connectivity index (χ3v) is 6.25. The Morgan fingerprint density at radius 3 is 2.24 bits per heavy atom. The van der Waals surface area contributed by atoms with E-state index in [2.05, 4.69) is 14.9 Å². The van der Waals surface area contributed by atoms with E-state index in [1.165, 1.54) is 36.4 Å². The highest BCUT2D eigenvalue weighted by Gasteiger charge is 2.22. The molecule has 29 heavy (non-hydrogen) atoms. The van der Waals surface area contributed by atoms with Gasteiger partial charge in [-0.25, -0.2) is 17.5 Å². The first-order valence-electron chi connectivity index (χ1n) is 9.54. The van der Waals surface area contributed by atoms with Crippen molar-refractivity contribution in [1.29, 1.82) is 0 Å². The molecule has 0 atom stereocenters. The van der Waals surface area contributed by atoms with Crippen LogP contribution in [0.15, 0.2) is 47.4 Å². The molecule has 2 aromatic rings. The van der Waals surface area contributed by atoms with Crippen molar-refractivity contribution in [3.63, 3.8) is 0 Å². The Bertz CT molecular complexity index is 993.